The normalized spacial score (nSPS) is 23.6. The molecule has 1 aliphatic heterocycles. The van der Waals surface area contributed by atoms with Crippen LogP contribution in [0.5, 0.6) is 0 Å². The van der Waals surface area contributed by atoms with Crippen molar-refractivity contribution >= 4 is 6.09 Å². The largest absolute Gasteiger partial charge is 0.450 e. The van der Waals surface area contributed by atoms with Gasteiger partial charge in [0.15, 0.2) is 0 Å². The van der Waals surface area contributed by atoms with Crippen LogP contribution in [0.3, 0.4) is 0 Å². The topological polar surface area (TPSA) is 61.8 Å². The number of hydrogen-bond acceptors (Lipinski definition) is 4. The van der Waals surface area contributed by atoms with E-state index in [2.05, 4.69) is 5.32 Å². The van der Waals surface area contributed by atoms with E-state index in [0.29, 0.717) is 19.2 Å². The summed E-state index contributed by atoms with van der Waals surface area (Å²) in [6.45, 7) is 4.44. The summed E-state index contributed by atoms with van der Waals surface area (Å²) in [5, 5.41) is 13.8. The summed E-state index contributed by atoms with van der Waals surface area (Å²) in [6, 6.07) is 0.412. The number of likely N-dealkylation sites (tertiary alicyclic amines) is 1. The maximum Gasteiger partial charge on any atom is 0.409 e. The first-order valence-electron chi connectivity index (χ1n) is 7.50. The van der Waals surface area contributed by atoms with Gasteiger partial charge in [0.25, 0.3) is 0 Å². The third kappa shape index (κ3) is 4.08. The Morgan fingerprint density at radius 3 is 2.58 bits per heavy atom. The van der Waals surface area contributed by atoms with Gasteiger partial charge in [-0.25, -0.2) is 4.79 Å². The van der Waals surface area contributed by atoms with E-state index in [1.54, 1.807) is 4.90 Å². The minimum absolute atomic E-state index is 0.199. The maximum absolute atomic E-state index is 11.6. The third-order valence-electron chi connectivity index (χ3n) is 4.28. The number of nitrogens with one attached hydrogen (secondary N) is 1. The fourth-order valence-electron chi connectivity index (χ4n) is 3.03. The summed E-state index contributed by atoms with van der Waals surface area (Å²) in [6.07, 6.45) is 5.79. The van der Waals surface area contributed by atoms with Gasteiger partial charge in [-0.2, -0.15) is 0 Å². The molecule has 0 radical (unpaired) electrons. The van der Waals surface area contributed by atoms with Crippen molar-refractivity contribution in [2.24, 2.45) is 0 Å². The lowest BCUT2D eigenvalue weighted by Crippen LogP contribution is -2.49. The second kappa shape index (κ2) is 6.57. The number of rotatable bonds is 4. The molecule has 5 heteroatoms. The molecule has 0 aromatic rings. The van der Waals surface area contributed by atoms with E-state index < -0.39 is 5.60 Å². The zero-order chi connectivity index (χ0) is 13.7. The Labute approximate surface area is 115 Å². The number of carbonyl (C=O) groups is 1. The van der Waals surface area contributed by atoms with Gasteiger partial charge >= 0.3 is 6.09 Å². The third-order valence-corrected chi connectivity index (χ3v) is 4.28. The van der Waals surface area contributed by atoms with Crippen LogP contribution < -0.4 is 5.32 Å². The molecule has 2 N–H and O–H groups in total. The smallest absolute Gasteiger partial charge is 0.409 e. The summed E-state index contributed by atoms with van der Waals surface area (Å²) >= 11 is 0. The van der Waals surface area contributed by atoms with Crippen molar-refractivity contribution in [2.45, 2.75) is 57.1 Å². The number of amides is 1. The summed E-state index contributed by atoms with van der Waals surface area (Å²) in [5.41, 5.74) is -0.488. The molecule has 2 fully saturated rings. The van der Waals surface area contributed by atoms with Gasteiger partial charge in [0.2, 0.25) is 0 Å². The lowest BCUT2D eigenvalue weighted by atomic mass is 10.00. The Morgan fingerprint density at radius 1 is 1.37 bits per heavy atom. The average molecular weight is 270 g/mol. The van der Waals surface area contributed by atoms with Crippen LogP contribution in [-0.2, 0) is 4.74 Å². The van der Waals surface area contributed by atoms with E-state index in [1.807, 2.05) is 6.92 Å². The quantitative estimate of drug-likeness (QED) is 0.812. The highest BCUT2D eigenvalue weighted by molar-refractivity contribution is 5.67. The van der Waals surface area contributed by atoms with Crippen LogP contribution in [0.2, 0.25) is 0 Å². The molecule has 1 heterocycles. The molecule has 0 aromatic carbocycles. The van der Waals surface area contributed by atoms with Crippen molar-refractivity contribution in [1.29, 1.82) is 0 Å². The Balaban J connectivity index is 1.67. The average Bonchev–Trinajstić information content (AvgIpc) is 2.85. The van der Waals surface area contributed by atoms with Crippen LogP contribution >= 0.6 is 0 Å². The van der Waals surface area contributed by atoms with Gasteiger partial charge in [-0.1, -0.05) is 12.8 Å². The van der Waals surface area contributed by atoms with Crippen molar-refractivity contribution in [3.05, 3.63) is 0 Å². The highest BCUT2D eigenvalue weighted by atomic mass is 16.6. The SMILES string of the molecule is CCOC(=O)N1CCC(NCC2(O)CCCC2)CC1. The van der Waals surface area contributed by atoms with Gasteiger partial charge in [-0.15, -0.1) is 0 Å². The molecule has 19 heavy (non-hydrogen) atoms. The number of hydrogen-bond donors (Lipinski definition) is 2. The Hall–Kier alpha value is -0.810. The summed E-state index contributed by atoms with van der Waals surface area (Å²) in [5.74, 6) is 0. The molecule has 1 amide bonds. The fourth-order valence-corrected chi connectivity index (χ4v) is 3.03. The molecule has 1 saturated heterocycles. The molecule has 2 rings (SSSR count). The molecular weight excluding hydrogens is 244 g/mol. The van der Waals surface area contributed by atoms with E-state index >= 15 is 0 Å². The van der Waals surface area contributed by atoms with E-state index in [-0.39, 0.29) is 6.09 Å². The molecule has 0 bridgehead atoms. The minimum atomic E-state index is -0.488. The van der Waals surface area contributed by atoms with Crippen molar-refractivity contribution in [2.75, 3.05) is 26.2 Å². The molecule has 1 saturated carbocycles. The van der Waals surface area contributed by atoms with Crippen molar-refractivity contribution in [3.63, 3.8) is 0 Å². The monoisotopic (exact) mass is 270 g/mol. The molecule has 5 nitrogen and oxygen atoms in total. The first-order valence-corrected chi connectivity index (χ1v) is 7.50. The second-order valence-electron chi connectivity index (χ2n) is 5.77. The zero-order valence-corrected chi connectivity index (χ0v) is 11.9. The number of nitrogens with zero attached hydrogens (tertiary/aromatic N) is 1. The highest BCUT2D eigenvalue weighted by Gasteiger charge is 2.32. The van der Waals surface area contributed by atoms with Gasteiger partial charge < -0.3 is 20.1 Å². The lowest BCUT2D eigenvalue weighted by molar-refractivity contribution is 0.0407. The van der Waals surface area contributed by atoms with Crippen molar-refractivity contribution < 1.29 is 14.6 Å². The van der Waals surface area contributed by atoms with E-state index in [9.17, 15) is 9.90 Å². The first-order chi connectivity index (χ1) is 9.13. The number of carbonyl (C=O) groups excluding carboxylic acids is 1. The van der Waals surface area contributed by atoms with Crippen LogP contribution in [0.1, 0.15) is 45.4 Å². The highest BCUT2D eigenvalue weighted by Crippen LogP contribution is 2.29. The predicted octanol–water partition coefficient (Wildman–Crippen LogP) is 1.50. The summed E-state index contributed by atoms with van der Waals surface area (Å²) < 4.78 is 5.00. The zero-order valence-electron chi connectivity index (χ0n) is 11.9. The Kier molecular flexibility index (Phi) is 5.05. The van der Waals surface area contributed by atoms with E-state index in [4.69, 9.17) is 4.74 Å². The van der Waals surface area contributed by atoms with Crippen LogP contribution in [0.4, 0.5) is 4.79 Å². The van der Waals surface area contributed by atoms with Crippen LogP contribution in [0, 0.1) is 0 Å². The lowest BCUT2D eigenvalue weighted by Gasteiger charge is -2.33. The summed E-state index contributed by atoms with van der Waals surface area (Å²) in [7, 11) is 0. The van der Waals surface area contributed by atoms with Gasteiger partial charge in [-0.05, 0) is 32.6 Å². The number of piperidine rings is 1. The first kappa shape index (κ1) is 14.6. The van der Waals surface area contributed by atoms with Crippen molar-refractivity contribution in [3.8, 4) is 0 Å². The molecule has 0 spiro atoms. The standard InChI is InChI=1S/C14H26N2O3/c1-2-19-13(17)16-9-5-12(6-10-16)15-11-14(18)7-3-4-8-14/h12,15,18H,2-11H2,1H3. The van der Waals surface area contributed by atoms with E-state index in [1.165, 1.54) is 0 Å². The van der Waals surface area contributed by atoms with Crippen molar-refractivity contribution in [1.82, 2.24) is 10.2 Å². The second-order valence-corrected chi connectivity index (χ2v) is 5.77. The predicted molar refractivity (Wildman–Crippen MR) is 73.0 cm³/mol. The van der Waals surface area contributed by atoms with Gasteiger partial charge in [0, 0.05) is 25.7 Å². The van der Waals surface area contributed by atoms with Gasteiger partial charge in [0.1, 0.15) is 0 Å². The van der Waals surface area contributed by atoms with E-state index in [0.717, 1.165) is 51.6 Å². The van der Waals surface area contributed by atoms with Crippen LogP contribution in [-0.4, -0.2) is 54.0 Å². The molecule has 1 aliphatic carbocycles. The minimum Gasteiger partial charge on any atom is -0.450 e. The molecule has 2 aliphatic rings. The fraction of sp³-hybridized carbons (Fsp3) is 0.929. The van der Waals surface area contributed by atoms with Gasteiger partial charge in [-0.3, -0.25) is 0 Å². The molecule has 0 atom stereocenters. The van der Waals surface area contributed by atoms with Gasteiger partial charge in [0.05, 0.1) is 12.2 Å². The number of aliphatic hydroxyl groups is 1. The van der Waals surface area contributed by atoms with Crippen LogP contribution in [0.25, 0.3) is 0 Å². The molecular formula is C14H26N2O3. The number of ether oxygens (including phenoxy) is 1. The Morgan fingerprint density at radius 2 is 2.00 bits per heavy atom. The molecule has 110 valence electrons. The summed E-state index contributed by atoms with van der Waals surface area (Å²) in [4.78, 5) is 13.3. The molecule has 0 aromatic heterocycles. The van der Waals surface area contributed by atoms with Crippen LogP contribution in [0.15, 0.2) is 0 Å². The Bertz CT molecular complexity index is 295. The molecule has 0 unspecified atom stereocenters. The maximum atomic E-state index is 11.6.